The van der Waals surface area contributed by atoms with E-state index in [1.54, 1.807) is 12.1 Å². The standard InChI is InChI=1S/C19H16F4N2O2/c1-10(26)24-16-7-4-12(19(21,22)23)8-17(16)25-18(27)15-9-14(15)11-2-5-13(20)6-3-11/h2-8,14-15H,9H2,1H3,(H,24,26)(H,25,27). The van der Waals surface area contributed by atoms with Gasteiger partial charge in [-0.3, -0.25) is 9.59 Å². The van der Waals surface area contributed by atoms with Crippen molar-refractivity contribution in [1.29, 1.82) is 0 Å². The molecule has 0 radical (unpaired) electrons. The molecule has 0 aliphatic heterocycles. The molecule has 0 bridgehead atoms. The van der Waals surface area contributed by atoms with Crippen LogP contribution in [0.5, 0.6) is 0 Å². The van der Waals surface area contributed by atoms with E-state index in [9.17, 15) is 27.2 Å². The summed E-state index contributed by atoms with van der Waals surface area (Å²) in [6.45, 7) is 1.22. The van der Waals surface area contributed by atoms with Crippen molar-refractivity contribution in [2.75, 3.05) is 10.6 Å². The van der Waals surface area contributed by atoms with Crippen LogP contribution in [-0.4, -0.2) is 11.8 Å². The zero-order chi connectivity index (χ0) is 19.8. The average molecular weight is 380 g/mol. The monoisotopic (exact) mass is 380 g/mol. The normalized spacial score (nSPS) is 18.7. The first-order valence-corrected chi connectivity index (χ1v) is 8.20. The summed E-state index contributed by atoms with van der Waals surface area (Å²) in [5.74, 6) is -1.84. The summed E-state index contributed by atoms with van der Waals surface area (Å²) in [6, 6.07) is 8.48. The lowest BCUT2D eigenvalue weighted by Gasteiger charge is -2.15. The Kier molecular flexibility index (Phi) is 4.91. The van der Waals surface area contributed by atoms with Crippen LogP contribution in [0.25, 0.3) is 0 Å². The summed E-state index contributed by atoms with van der Waals surface area (Å²) in [4.78, 5) is 23.7. The molecule has 0 heterocycles. The second-order valence-corrected chi connectivity index (χ2v) is 6.43. The lowest BCUT2D eigenvalue weighted by atomic mass is 10.1. The fraction of sp³-hybridized carbons (Fsp3) is 0.263. The van der Waals surface area contributed by atoms with E-state index in [4.69, 9.17) is 0 Å². The highest BCUT2D eigenvalue weighted by atomic mass is 19.4. The van der Waals surface area contributed by atoms with Gasteiger partial charge in [-0.1, -0.05) is 12.1 Å². The van der Waals surface area contributed by atoms with Crippen molar-refractivity contribution in [2.24, 2.45) is 5.92 Å². The van der Waals surface area contributed by atoms with E-state index in [1.165, 1.54) is 19.1 Å². The zero-order valence-electron chi connectivity index (χ0n) is 14.2. The minimum atomic E-state index is -4.58. The summed E-state index contributed by atoms with van der Waals surface area (Å²) in [5.41, 5.74) is -0.168. The van der Waals surface area contributed by atoms with Gasteiger partial charge >= 0.3 is 6.18 Å². The minimum absolute atomic E-state index is 0.0860. The van der Waals surface area contributed by atoms with Crippen molar-refractivity contribution >= 4 is 23.2 Å². The summed E-state index contributed by atoms with van der Waals surface area (Å²) in [5, 5.41) is 4.88. The number of halogens is 4. The van der Waals surface area contributed by atoms with Crippen LogP contribution in [0, 0.1) is 11.7 Å². The third-order valence-electron chi connectivity index (χ3n) is 4.34. The van der Waals surface area contributed by atoms with Gasteiger partial charge in [0.2, 0.25) is 11.8 Å². The molecule has 1 aliphatic rings. The Morgan fingerprint density at radius 1 is 1.00 bits per heavy atom. The van der Waals surface area contributed by atoms with E-state index in [1.807, 2.05) is 0 Å². The molecular formula is C19H16F4N2O2. The Balaban J connectivity index is 1.78. The number of nitrogens with one attached hydrogen (secondary N) is 2. The molecule has 0 saturated heterocycles. The molecule has 2 N–H and O–H groups in total. The second kappa shape index (κ2) is 7.02. The van der Waals surface area contributed by atoms with Crippen LogP contribution in [0.3, 0.4) is 0 Å². The molecule has 1 saturated carbocycles. The first-order valence-electron chi connectivity index (χ1n) is 8.20. The fourth-order valence-corrected chi connectivity index (χ4v) is 2.91. The molecule has 2 atom stereocenters. The highest BCUT2D eigenvalue weighted by molar-refractivity contribution is 6.01. The number of hydrogen-bond donors (Lipinski definition) is 2. The third kappa shape index (κ3) is 4.45. The van der Waals surface area contributed by atoms with Gasteiger partial charge in [0.25, 0.3) is 0 Å². The molecule has 3 rings (SSSR count). The first kappa shape index (κ1) is 18.9. The maximum atomic E-state index is 13.0. The largest absolute Gasteiger partial charge is 0.416 e. The quantitative estimate of drug-likeness (QED) is 0.765. The SMILES string of the molecule is CC(=O)Nc1ccc(C(F)(F)F)cc1NC(=O)C1CC1c1ccc(F)cc1. The molecule has 27 heavy (non-hydrogen) atoms. The number of hydrogen-bond acceptors (Lipinski definition) is 2. The predicted octanol–water partition coefficient (Wildman–Crippen LogP) is 4.55. The van der Waals surface area contributed by atoms with E-state index >= 15 is 0 Å². The van der Waals surface area contributed by atoms with E-state index < -0.39 is 29.5 Å². The number of carbonyl (C=O) groups is 2. The van der Waals surface area contributed by atoms with Gasteiger partial charge in [-0.05, 0) is 48.2 Å². The van der Waals surface area contributed by atoms with Crippen LogP contribution in [0.1, 0.15) is 30.4 Å². The molecule has 4 nitrogen and oxygen atoms in total. The van der Waals surface area contributed by atoms with Gasteiger partial charge in [0.05, 0.1) is 16.9 Å². The summed E-state index contributed by atoms with van der Waals surface area (Å²) in [6.07, 6.45) is -4.06. The molecule has 2 unspecified atom stereocenters. The highest BCUT2D eigenvalue weighted by Crippen LogP contribution is 2.48. The molecule has 8 heteroatoms. The molecule has 0 aromatic heterocycles. The second-order valence-electron chi connectivity index (χ2n) is 6.43. The van der Waals surface area contributed by atoms with Gasteiger partial charge in [0.15, 0.2) is 0 Å². The van der Waals surface area contributed by atoms with Gasteiger partial charge in [-0.15, -0.1) is 0 Å². The van der Waals surface area contributed by atoms with E-state index in [-0.39, 0.29) is 23.1 Å². The van der Waals surface area contributed by atoms with E-state index in [0.717, 1.165) is 23.8 Å². The van der Waals surface area contributed by atoms with Crippen LogP contribution >= 0.6 is 0 Å². The fourth-order valence-electron chi connectivity index (χ4n) is 2.91. The molecule has 0 spiro atoms. The number of alkyl halides is 3. The molecule has 1 aliphatic carbocycles. The molecule has 2 aromatic rings. The average Bonchev–Trinajstić information content (AvgIpc) is 3.36. The Morgan fingerprint density at radius 2 is 1.67 bits per heavy atom. The smallest absolute Gasteiger partial charge is 0.325 e. The van der Waals surface area contributed by atoms with Gasteiger partial charge in [-0.2, -0.15) is 13.2 Å². The summed E-state index contributed by atoms with van der Waals surface area (Å²) in [7, 11) is 0. The number of anilines is 2. The van der Waals surface area contributed by atoms with Crippen molar-refractivity contribution in [2.45, 2.75) is 25.4 Å². The van der Waals surface area contributed by atoms with Crippen molar-refractivity contribution in [1.82, 2.24) is 0 Å². The van der Waals surface area contributed by atoms with Crippen LogP contribution < -0.4 is 10.6 Å². The Labute approximate surface area is 152 Å². The Morgan fingerprint density at radius 3 is 2.26 bits per heavy atom. The third-order valence-corrected chi connectivity index (χ3v) is 4.34. The first-order chi connectivity index (χ1) is 12.6. The molecule has 1 fully saturated rings. The zero-order valence-corrected chi connectivity index (χ0v) is 14.2. The maximum absolute atomic E-state index is 13.0. The van der Waals surface area contributed by atoms with E-state index in [2.05, 4.69) is 10.6 Å². The molecule has 142 valence electrons. The van der Waals surface area contributed by atoms with Gasteiger partial charge < -0.3 is 10.6 Å². The number of amides is 2. The maximum Gasteiger partial charge on any atom is 0.416 e. The summed E-state index contributed by atoms with van der Waals surface area (Å²) >= 11 is 0. The molecule has 2 amide bonds. The Bertz CT molecular complexity index is 878. The van der Waals surface area contributed by atoms with Crippen LogP contribution in [0.15, 0.2) is 42.5 Å². The van der Waals surface area contributed by atoms with E-state index in [0.29, 0.717) is 6.42 Å². The minimum Gasteiger partial charge on any atom is -0.325 e. The lowest BCUT2D eigenvalue weighted by molar-refractivity contribution is -0.137. The van der Waals surface area contributed by atoms with Gasteiger partial charge in [0.1, 0.15) is 5.82 Å². The van der Waals surface area contributed by atoms with Crippen molar-refractivity contribution < 1.29 is 27.2 Å². The lowest BCUT2D eigenvalue weighted by Crippen LogP contribution is -2.18. The number of rotatable bonds is 4. The molecular weight excluding hydrogens is 364 g/mol. The van der Waals surface area contributed by atoms with Crippen molar-refractivity contribution in [3.8, 4) is 0 Å². The van der Waals surface area contributed by atoms with Gasteiger partial charge in [0, 0.05) is 12.8 Å². The highest BCUT2D eigenvalue weighted by Gasteiger charge is 2.44. The summed E-state index contributed by atoms with van der Waals surface area (Å²) < 4.78 is 51.9. The Hall–Kier alpha value is -2.90. The van der Waals surface area contributed by atoms with Gasteiger partial charge in [-0.25, -0.2) is 4.39 Å². The molecule has 2 aromatic carbocycles. The number of benzene rings is 2. The van der Waals surface area contributed by atoms with Crippen molar-refractivity contribution in [3.05, 3.63) is 59.4 Å². The van der Waals surface area contributed by atoms with Crippen LogP contribution in [0.4, 0.5) is 28.9 Å². The van der Waals surface area contributed by atoms with Crippen LogP contribution in [0.2, 0.25) is 0 Å². The topological polar surface area (TPSA) is 58.2 Å². The van der Waals surface area contributed by atoms with Crippen molar-refractivity contribution in [3.63, 3.8) is 0 Å². The van der Waals surface area contributed by atoms with Crippen LogP contribution in [-0.2, 0) is 15.8 Å². The predicted molar refractivity (Wildman–Crippen MR) is 91.6 cm³/mol. The number of carbonyl (C=O) groups excluding carboxylic acids is 2.